The van der Waals surface area contributed by atoms with Gasteiger partial charge in [-0.05, 0) is 31.5 Å². The van der Waals surface area contributed by atoms with Gasteiger partial charge in [-0.15, -0.1) is 12.4 Å². The van der Waals surface area contributed by atoms with Gasteiger partial charge in [0.05, 0.1) is 5.02 Å². The number of halogens is 3. The van der Waals surface area contributed by atoms with Crippen LogP contribution < -0.4 is 10.1 Å². The molecule has 0 amide bonds. The zero-order chi connectivity index (χ0) is 10.7. The van der Waals surface area contributed by atoms with Crippen LogP contribution in [0.25, 0.3) is 0 Å². The van der Waals surface area contributed by atoms with Crippen LogP contribution in [-0.2, 0) is 0 Å². The predicted octanol–water partition coefficient (Wildman–Crippen LogP) is 3.55. The second-order valence-electron chi connectivity index (χ2n) is 3.64. The summed E-state index contributed by atoms with van der Waals surface area (Å²) < 4.78 is 5.79. The number of ether oxygens (including phenoxy) is 1. The van der Waals surface area contributed by atoms with E-state index in [-0.39, 0.29) is 18.5 Å². The van der Waals surface area contributed by atoms with Crippen molar-refractivity contribution >= 4 is 35.6 Å². The van der Waals surface area contributed by atoms with Gasteiger partial charge in [0.2, 0.25) is 0 Å². The van der Waals surface area contributed by atoms with Gasteiger partial charge in [-0.2, -0.15) is 0 Å². The molecule has 0 bridgehead atoms. The first-order valence-corrected chi connectivity index (χ1v) is 5.84. The van der Waals surface area contributed by atoms with Gasteiger partial charge in [-0.3, -0.25) is 0 Å². The lowest BCUT2D eigenvalue weighted by Gasteiger charge is -2.24. The molecule has 0 spiro atoms. The van der Waals surface area contributed by atoms with Crippen LogP contribution in [0.1, 0.15) is 12.8 Å². The highest BCUT2D eigenvalue weighted by atomic mass is 35.5. The van der Waals surface area contributed by atoms with Crippen molar-refractivity contribution in [1.29, 1.82) is 0 Å². The molecule has 1 unspecified atom stereocenters. The molecule has 1 aromatic carbocycles. The molecule has 90 valence electrons. The SMILES string of the molecule is Cl.Clc1cccc(OC2CCCNC2)c1Cl. The van der Waals surface area contributed by atoms with Crippen molar-refractivity contribution in [3.63, 3.8) is 0 Å². The Kier molecular flexibility index (Phi) is 5.70. The summed E-state index contributed by atoms with van der Waals surface area (Å²) in [5.41, 5.74) is 0. The number of hydrogen-bond donors (Lipinski definition) is 1. The van der Waals surface area contributed by atoms with Gasteiger partial charge in [-0.25, -0.2) is 0 Å². The van der Waals surface area contributed by atoms with Gasteiger partial charge in [-0.1, -0.05) is 29.3 Å². The third-order valence-electron chi connectivity index (χ3n) is 2.46. The number of hydrogen-bond acceptors (Lipinski definition) is 2. The Hall–Kier alpha value is -0.150. The molecule has 1 aliphatic heterocycles. The Bertz CT molecular complexity index is 340. The standard InChI is InChI=1S/C11H13Cl2NO.ClH/c12-9-4-1-5-10(11(9)13)15-8-3-2-6-14-7-8;/h1,4-5,8,14H,2-3,6-7H2;1H. The average Bonchev–Trinajstić information content (AvgIpc) is 2.26. The summed E-state index contributed by atoms with van der Waals surface area (Å²) in [4.78, 5) is 0. The lowest BCUT2D eigenvalue weighted by molar-refractivity contribution is 0.167. The van der Waals surface area contributed by atoms with Crippen molar-refractivity contribution in [3.05, 3.63) is 28.2 Å². The molecule has 2 nitrogen and oxygen atoms in total. The minimum atomic E-state index is 0. The Morgan fingerprint density at radius 1 is 1.31 bits per heavy atom. The molecule has 1 aliphatic rings. The van der Waals surface area contributed by atoms with Gasteiger partial charge in [0.1, 0.15) is 16.9 Å². The molecule has 0 radical (unpaired) electrons. The maximum atomic E-state index is 6.04. The van der Waals surface area contributed by atoms with E-state index in [2.05, 4.69) is 5.32 Å². The molecule has 1 fully saturated rings. The van der Waals surface area contributed by atoms with Crippen LogP contribution >= 0.6 is 35.6 Å². The maximum absolute atomic E-state index is 6.04. The van der Waals surface area contributed by atoms with Crippen LogP contribution in [-0.4, -0.2) is 19.2 Å². The molecular weight excluding hydrogens is 268 g/mol. The van der Waals surface area contributed by atoms with Crippen molar-refractivity contribution < 1.29 is 4.74 Å². The first kappa shape index (κ1) is 13.9. The van der Waals surface area contributed by atoms with E-state index in [0.29, 0.717) is 15.8 Å². The molecule has 1 N–H and O–H groups in total. The smallest absolute Gasteiger partial charge is 0.139 e. The Balaban J connectivity index is 0.00000128. The van der Waals surface area contributed by atoms with Crippen LogP contribution in [0.5, 0.6) is 5.75 Å². The fraction of sp³-hybridized carbons (Fsp3) is 0.455. The first-order valence-electron chi connectivity index (χ1n) is 5.09. The molecule has 0 aromatic heterocycles. The zero-order valence-corrected chi connectivity index (χ0v) is 11.0. The topological polar surface area (TPSA) is 21.3 Å². The number of rotatable bonds is 2. The Morgan fingerprint density at radius 3 is 2.81 bits per heavy atom. The fourth-order valence-electron chi connectivity index (χ4n) is 1.68. The highest BCUT2D eigenvalue weighted by molar-refractivity contribution is 6.42. The summed E-state index contributed by atoms with van der Waals surface area (Å²) in [7, 11) is 0. The molecule has 0 aliphatic carbocycles. The molecule has 16 heavy (non-hydrogen) atoms. The summed E-state index contributed by atoms with van der Waals surface area (Å²) >= 11 is 11.9. The molecule has 1 saturated heterocycles. The molecular formula is C11H14Cl3NO. The van der Waals surface area contributed by atoms with Crippen LogP contribution in [0.3, 0.4) is 0 Å². The van der Waals surface area contributed by atoms with E-state index in [9.17, 15) is 0 Å². The maximum Gasteiger partial charge on any atom is 0.139 e. The summed E-state index contributed by atoms with van der Waals surface area (Å²) in [6.45, 7) is 1.95. The average molecular weight is 283 g/mol. The van der Waals surface area contributed by atoms with Crippen LogP contribution in [0.4, 0.5) is 0 Å². The molecule has 1 heterocycles. The normalized spacial score (nSPS) is 20.0. The van der Waals surface area contributed by atoms with E-state index in [1.165, 1.54) is 0 Å². The Morgan fingerprint density at radius 2 is 2.12 bits per heavy atom. The predicted molar refractivity (Wildman–Crippen MR) is 70.2 cm³/mol. The Labute approximate surface area is 112 Å². The van der Waals surface area contributed by atoms with Crippen molar-refractivity contribution in [2.75, 3.05) is 13.1 Å². The van der Waals surface area contributed by atoms with Gasteiger partial charge in [0.25, 0.3) is 0 Å². The van der Waals surface area contributed by atoms with E-state index >= 15 is 0 Å². The molecule has 1 aromatic rings. The monoisotopic (exact) mass is 281 g/mol. The lowest BCUT2D eigenvalue weighted by Crippen LogP contribution is -2.37. The lowest BCUT2D eigenvalue weighted by atomic mass is 10.1. The number of piperidine rings is 1. The van der Waals surface area contributed by atoms with E-state index in [4.69, 9.17) is 27.9 Å². The number of benzene rings is 1. The second kappa shape index (κ2) is 6.55. The minimum absolute atomic E-state index is 0. The second-order valence-corrected chi connectivity index (χ2v) is 4.42. The first-order chi connectivity index (χ1) is 7.27. The third kappa shape index (κ3) is 3.42. The highest BCUT2D eigenvalue weighted by Crippen LogP contribution is 2.32. The number of nitrogens with one attached hydrogen (secondary N) is 1. The van der Waals surface area contributed by atoms with Crippen molar-refractivity contribution in [3.8, 4) is 5.75 Å². The molecule has 0 saturated carbocycles. The summed E-state index contributed by atoms with van der Waals surface area (Å²) in [6, 6.07) is 5.46. The highest BCUT2D eigenvalue weighted by Gasteiger charge is 2.16. The van der Waals surface area contributed by atoms with Gasteiger partial charge < -0.3 is 10.1 Å². The van der Waals surface area contributed by atoms with Gasteiger partial charge in [0.15, 0.2) is 0 Å². The fourth-order valence-corrected chi connectivity index (χ4v) is 2.01. The largest absolute Gasteiger partial charge is 0.487 e. The summed E-state index contributed by atoms with van der Waals surface area (Å²) in [5.74, 6) is 0.679. The third-order valence-corrected chi connectivity index (χ3v) is 3.26. The van der Waals surface area contributed by atoms with Crippen LogP contribution in [0, 0.1) is 0 Å². The summed E-state index contributed by atoms with van der Waals surface area (Å²) in [6.07, 6.45) is 2.41. The van der Waals surface area contributed by atoms with Crippen molar-refractivity contribution in [2.45, 2.75) is 18.9 Å². The molecule has 5 heteroatoms. The van der Waals surface area contributed by atoms with Crippen LogP contribution in [0.2, 0.25) is 10.0 Å². The molecule has 1 atom stereocenters. The minimum Gasteiger partial charge on any atom is -0.487 e. The zero-order valence-electron chi connectivity index (χ0n) is 8.71. The van der Waals surface area contributed by atoms with Crippen molar-refractivity contribution in [2.24, 2.45) is 0 Å². The summed E-state index contributed by atoms with van der Waals surface area (Å²) in [5, 5.41) is 4.33. The van der Waals surface area contributed by atoms with E-state index in [0.717, 1.165) is 25.9 Å². The van der Waals surface area contributed by atoms with E-state index in [1.54, 1.807) is 6.07 Å². The van der Waals surface area contributed by atoms with E-state index < -0.39 is 0 Å². The quantitative estimate of drug-likeness (QED) is 0.896. The van der Waals surface area contributed by atoms with E-state index in [1.807, 2.05) is 12.1 Å². The van der Waals surface area contributed by atoms with Gasteiger partial charge >= 0.3 is 0 Å². The van der Waals surface area contributed by atoms with Gasteiger partial charge in [0, 0.05) is 6.54 Å². The van der Waals surface area contributed by atoms with Crippen molar-refractivity contribution in [1.82, 2.24) is 5.32 Å². The molecule has 2 rings (SSSR count). The van der Waals surface area contributed by atoms with Crippen LogP contribution in [0.15, 0.2) is 18.2 Å².